The first-order valence-electron chi connectivity index (χ1n) is 18.0. The summed E-state index contributed by atoms with van der Waals surface area (Å²) in [6.45, 7) is 0. The first-order valence-corrected chi connectivity index (χ1v) is 18.0. The van der Waals surface area contributed by atoms with Crippen LogP contribution in [0.3, 0.4) is 0 Å². The second-order valence-electron chi connectivity index (χ2n) is 13.6. The van der Waals surface area contributed by atoms with E-state index in [2.05, 4.69) is 181 Å². The molecule has 11 aromatic rings. The van der Waals surface area contributed by atoms with E-state index in [9.17, 15) is 0 Å². The van der Waals surface area contributed by atoms with Crippen LogP contribution < -0.4 is 4.90 Å². The van der Waals surface area contributed by atoms with Crippen molar-refractivity contribution in [3.8, 4) is 22.3 Å². The molecule has 0 unspecified atom stereocenters. The molecule has 11 rings (SSSR count). The molecule has 0 saturated carbocycles. The topological polar surface area (TPSA) is 29.5 Å². The maximum Gasteiger partial charge on any atom is 0.143 e. The van der Waals surface area contributed by atoms with Crippen LogP contribution >= 0.6 is 0 Å². The number of benzene rings is 9. The molecule has 0 amide bonds. The molecular weight excluding hydrogens is 647 g/mol. The van der Waals surface area contributed by atoms with E-state index in [1.165, 1.54) is 21.9 Å². The lowest BCUT2D eigenvalue weighted by molar-refractivity contribution is 0.666. The lowest BCUT2D eigenvalue weighted by Crippen LogP contribution is -2.11. The molecule has 0 fully saturated rings. The van der Waals surface area contributed by atoms with E-state index < -0.39 is 0 Å². The highest BCUT2D eigenvalue weighted by molar-refractivity contribution is 6.22. The molecular formula is C50H31NO2. The van der Waals surface area contributed by atoms with E-state index in [4.69, 9.17) is 8.83 Å². The van der Waals surface area contributed by atoms with Crippen LogP contribution in [-0.4, -0.2) is 0 Å². The smallest absolute Gasteiger partial charge is 0.143 e. The molecule has 0 aliphatic heterocycles. The summed E-state index contributed by atoms with van der Waals surface area (Å²) in [6.07, 6.45) is 0. The van der Waals surface area contributed by atoms with Gasteiger partial charge in [-0.25, -0.2) is 0 Å². The van der Waals surface area contributed by atoms with Gasteiger partial charge in [0.15, 0.2) is 0 Å². The highest BCUT2D eigenvalue weighted by Gasteiger charge is 2.24. The summed E-state index contributed by atoms with van der Waals surface area (Å²) in [5.41, 5.74) is 11.2. The number of para-hydroxylation sites is 4. The van der Waals surface area contributed by atoms with Crippen molar-refractivity contribution in [3.05, 3.63) is 188 Å². The Labute approximate surface area is 305 Å². The van der Waals surface area contributed by atoms with Crippen LogP contribution in [0.2, 0.25) is 0 Å². The van der Waals surface area contributed by atoms with E-state index in [-0.39, 0.29) is 0 Å². The number of rotatable bonds is 5. The molecule has 0 atom stereocenters. The minimum Gasteiger partial charge on any atom is -0.455 e. The third-order valence-corrected chi connectivity index (χ3v) is 10.7. The molecule has 0 bridgehead atoms. The number of fused-ring (bicyclic) bond motifs is 9. The van der Waals surface area contributed by atoms with Gasteiger partial charge >= 0.3 is 0 Å². The summed E-state index contributed by atoms with van der Waals surface area (Å²) in [5, 5.41) is 8.91. The van der Waals surface area contributed by atoms with Gasteiger partial charge in [-0.15, -0.1) is 0 Å². The van der Waals surface area contributed by atoms with Gasteiger partial charge < -0.3 is 13.7 Å². The Bertz CT molecular complexity index is 3170. The third kappa shape index (κ3) is 4.54. The fourth-order valence-corrected chi connectivity index (χ4v) is 8.29. The minimum atomic E-state index is 0.849. The van der Waals surface area contributed by atoms with Crippen LogP contribution in [0.1, 0.15) is 0 Å². The van der Waals surface area contributed by atoms with Crippen molar-refractivity contribution >= 4 is 82.5 Å². The molecule has 0 saturated heterocycles. The van der Waals surface area contributed by atoms with Gasteiger partial charge in [0.1, 0.15) is 22.3 Å². The van der Waals surface area contributed by atoms with E-state index in [0.717, 1.165) is 82.8 Å². The average Bonchev–Trinajstić information content (AvgIpc) is 3.81. The van der Waals surface area contributed by atoms with Crippen molar-refractivity contribution < 1.29 is 8.83 Å². The SMILES string of the molecule is c1ccc(-c2ccc(N(c3ccccc3)c3cc4c5cccc(-c6cccc7c6oc6ccccc67)c5oc4c4ccccc34)c3ccccc23)cc1. The normalized spacial score (nSPS) is 11.8. The Morgan fingerprint density at radius 2 is 0.830 bits per heavy atom. The Morgan fingerprint density at radius 3 is 1.57 bits per heavy atom. The predicted molar refractivity (Wildman–Crippen MR) is 222 cm³/mol. The quantitative estimate of drug-likeness (QED) is 0.182. The van der Waals surface area contributed by atoms with E-state index in [1.54, 1.807) is 0 Å². The number of anilines is 3. The Morgan fingerprint density at radius 1 is 0.302 bits per heavy atom. The van der Waals surface area contributed by atoms with E-state index in [0.29, 0.717) is 0 Å². The largest absolute Gasteiger partial charge is 0.455 e. The summed E-state index contributed by atoms with van der Waals surface area (Å²) in [6, 6.07) is 66.6. The molecule has 248 valence electrons. The summed E-state index contributed by atoms with van der Waals surface area (Å²) in [5.74, 6) is 0. The first kappa shape index (κ1) is 29.6. The molecule has 2 heterocycles. The average molecular weight is 678 g/mol. The lowest BCUT2D eigenvalue weighted by Gasteiger charge is -2.29. The van der Waals surface area contributed by atoms with Gasteiger partial charge in [-0.1, -0.05) is 158 Å². The number of hydrogen-bond donors (Lipinski definition) is 0. The van der Waals surface area contributed by atoms with Crippen molar-refractivity contribution in [1.29, 1.82) is 0 Å². The van der Waals surface area contributed by atoms with Gasteiger partial charge in [-0.05, 0) is 46.8 Å². The maximum atomic E-state index is 7.00. The van der Waals surface area contributed by atoms with Gasteiger partial charge in [0.2, 0.25) is 0 Å². The molecule has 0 aliphatic carbocycles. The van der Waals surface area contributed by atoms with Crippen molar-refractivity contribution in [1.82, 2.24) is 0 Å². The van der Waals surface area contributed by atoms with E-state index >= 15 is 0 Å². The van der Waals surface area contributed by atoms with Crippen molar-refractivity contribution in [2.24, 2.45) is 0 Å². The predicted octanol–water partition coefficient (Wildman–Crippen LogP) is 14.6. The molecule has 0 aliphatic rings. The van der Waals surface area contributed by atoms with Gasteiger partial charge in [0, 0.05) is 54.5 Å². The summed E-state index contributed by atoms with van der Waals surface area (Å²) < 4.78 is 13.5. The van der Waals surface area contributed by atoms with Crippen molar-refractivity contribution in [2.45, 2.75) is 0 Å². The van der Waals surface area contributed by atoms with Gasteiger partial charge in [-0.3, -0.25) is 0 Å². The highest BCUT2D eigenvalue weighted by Crippen LogP contribution is 2.48. The van der Waals surface area contributed by atoms with Crippen LogP contribution in [0.4, 0.5) is 17.1 Å². The zero-order chi connectivity index (χ0) is 34.9. The van der Waals surface area contributed by atoms with Crippen LogP contribution in [-0.2, 0) is 0 Å². The Kier molecular flexibility index (Phi) is 6.55. The standard InChI is InChI=1S/C50H31NO2/c1-3-15-32(16-4-1)34-29-30-45(36-20-8-7-19-35(34)36)51(33-17-5-2-6-18-33)46-31-44-43-27-14-26-42(49(43)53-50(44)39-23-10-9-21-37(39)46)41-25-13-24-40-38-22-11-12-28-47(38)52-48(40)41/h1-31H. The molecule has 3 heteroatoms. The van der Waals surface area contributed by atoms with Gasteiger partial charge in [0.05, 0.1) is 11.4 Å². The number of nitrogens with zero attached hydrogens (tertiary/aromatic N) is 1. The van der Waals surface area contributed by atoms with Crippen LogP contribution in [0.15, 0.2) is 197 Å². The molecule has 3 nitrogen and oxygen atoms in total. The number of furan rings is 2. The van der Waals surface area contributed by atoms with Crippen LogP contribution in [0.25, 0.3) is 87.7 Å². The van der Waals surface area contributed by atoms with Gasteiger partial charge in [-0.2, -0.15) is 0 Å². The zero-order valence-corrected chi connectivity index (χ0v) is 28.7. The molecule has 9 aromatic carbocycles. The Balaban J connectivity index is 1.19. The maximum absolute atomic E-state index is 7.00. The van der Waals surface area contributed by atoms with Crippen LogP contribution in [0.5, 0.6) is 0 Å². The fraction of sp³-hybridized carbons (Fsp3) is 0. The summed E-state index contributed by atoms with van der Waals surface area (Å²) >= 11 is 0. The minimum absolute atomic E-state index is 0.849. The molecule has 53 heavy (non-hydrogen) atoms. The molecule has 0 radical (unpaired) electrons. The molecule has 0 spiro atoms. The van der Waals surface area contributed by atoms with Crippen molar-refractivity contribution in [3.63, 3.8) is 0 Å². The Hall–Kier alpha value is -7.10. The van der Waals surface area contributed by atoms with E-state index in [1.807, 2.05) is 12.1 Å². The third-order valence-electron chi connectivity index (χ3n) is 10.7. The number of hydrogen-bond acceptors (Lipinski definition) is 3. The lowest BCUT2D eigenvalue weighted by atomic mass is 9.95. The van der Waals surface area contributed by atoms with Crippen molar-refractivity contribution in [2.75, 3.05) is 4.90 Å². The highest BCUT2D eigenvalue weighted by atomic mass is 16.3. The summed E-state index contributed by atoms with van der Waals surface area (Å²) in [7, 11) is 0. The zero-order valence-electron chi connectivity index (χ0n) is 28.7. The van der Waals surface area contributed by atoms with Gasteiger partial charge in [0.25, 0.3) is 0 Å². The monoisotopic (exact) mass is 677 g/mol. The first-order chi connectivity index (χ1) is 26.3. The molecule has 0 N–H and O–H groups in total. The second kappa shape index (κ2) is 11.7. The summed E-state index contributed by atoms with van der Waals surface area (Å²) in [4.78, 5) is 2.41. The second-order valence-corrected chi connectivity index (χ2v) is 13.6. The van der Waals surface area contributed by atoms with Crippen LogP contribution in [0, 0.1) is 0 Å². The molecule has 2 aromatic heterocycles. The fourth-order valence-electron chi connectivity index (χ4n) is 8.29.